The zero-order chi connectivity index (χ0) is 22.1. The SMILES string of the molecule is CCNS(=O)(=O)c1ccc(C)c(C(=O)NCC(Cc2ccccc2)N(CC)CC)c1. The minimum absolute atomic E-state index is 0.102. The largest absolute Gasteiger partial charge is 0.350 e. The molecule has 0 fully saturated rings. The van der Waals surface area contributed by atoms with E-state index >= 15 is 0 Å². The highest BCUT2D eigenvalue weighted by Gasteiger charge is 2.20. The van der Waals surface area contributed by atoms with E-state index in [-0.39, 0.29) is 16.8 Å². The molecule has 2 N–H and O–H groups in total. The number of benzene rings is 2. The molecule has 0 radical (unpaired) electrons. The molecule has 0 saturated heterocycles. The second-order valence-electron chi connectivity index (χ2n) is 7.25. The summed E-state index contributed by atoms with van der Waals surface area (Å²) in [5, 5.41) is 3.02. The van der Waals surface area contributed by atoms with Crippen LogP contribution in [0.3, 0.4) is 0 Å². The van der Waals surface area contributed by atoms with E-state index in [1.807, 2.05) is 25.1 Å². The van der Waals surface area contributed by atoms with Crippen molar-refractivity contribution >= 4 is 15.9 Å². The van der Waals surface area contributed by atoms with E-state index in [1.165, 1.54) is 17.7 Å². The normalized spacial score (nSPS) is 12.7. The molecular formula is C23H33N3O3S. The molecule has 0 spiro atoms. The van der Waals surface area contributed by atoms with Crippen molar-refractivity contribution in [2.24, 2.45) is 0 Å². The van der Waals surface area contributed by atoms with Crippen LogP contribution in [-0.4, -0.2) is 51.4 Å². The first-order valence-corrected chi connectivity index (χ1v) is 12.0. The summed E-state index contributed by atoms with van der Waals surface area (Å²) in [7, 11) is -3.61. The number of aryl methyl sites for hydroxylation is 1. The lowest BCUT2D eigenvalue weighted by Gasteiger charge is -2.30. The van der Waals surface area contributed by atoms with Gasteiger partial charge in [-0.1, -0.05) is 57.2 Å². The van der Waals surface area contributed by atoms with E-state index in [4.69, 9.17) is 0 Å². The number of likely N-dealkylation sites (N-methyl/N-ethyl adjacent to an activating group) is 1. The number of amides is 1. The quantitative estimate of drug-likeness (QED) is 0.573. The topological polar surface area (TPSA) is 78.5 Å². The number of sulfonamides is 1. The van der Waals surface area contributed by atoms with Gasteiger partial charge >= 0.3 is 0 Å². The molecule has 6 nitrogen and oxygen atoms in total. The monoisotopic (exact) mass is 431 g/mol. The van der Waals surface area contributed by atoms with Crippen LogP contribution in [0.5, 0.6) is 0 Å². The predicted octanol–water partition coefficient (Wildman–Crippen LogP) is 2.98. The lowest BCUT2D eigenvalue weighted by molar-refractivity contribution is 0.0934. The number of nitrogens with one attached hydrogen (secondary N) is 2. The van der Waals surface area contributed by atoms with Crippen LogP contribution in [0.15, 0.2) is 53.4 Å². The van der Waals surface area contributed by atoms with E-state index in [9.17, 15) is 13.2 Å². The summed E-state index contributed by atoms with van der Waals surface area (Å²) in [4.78, 5) is 15.3. The van der Waals surface area contributed by atoms with Crippen molar-refractivity contribution in [2.45, 2.75) is 45.1 Å². The van der Waals surface area contributed by atoms with Crippen LogP contribution in [-0.2, 0) is 16.4 Å². The summed E-state index contributed by atoms with van der Waals surface area (Å²) in [6, 6.07) is 15.0. The summed E-state index contributed by atoms with van der Waals surface area (Å²) in [5.41, 5.74) is 2.34. The van der Waals surface area contributed by atoms with Crippen LogP contribution >= 0.6 is 0 Å². The maximum absolute atomic E-state index is 12.9. The first kappa shape index (κ1) is 24.1. The lowest BCUT2D eigenvalue weighted by Crippen LogP contribution is -2.45. The standard InChI is InChI=1S/C23H33N3O3S/c1-5-25-30(28,29)21-14-13-18(4)22(16-21)23(27)24-17-20(26(6-2)7-3)15-19-11-9-8-10-12-19/h8-14,16,20,25H,5-7,15,17H2,1-4H3,(H,24,27). The number of hydrogen-bond acceptors (Lipinski definition) is 4. The van der Waals surface area contributed by atoms with Gasteiger partial charge < -0.3 is 5.32 Å². The van der Waals surface area contributed by atoms with Crippen LogP contribution in [0, 0.1) is 6.92 Å². The average Bonchev–Trinajstić information content (AvgIpc) is 2.73. The molecule has 1 atom stereocenters. The van der Waals surface area contributed by atoms with Gasteiger partial charge in [-0.05, 0) is 49.7 Å². The fourth-order valence-corrected chi connectivity index (χ4v) is 4.62. The van der Waals surface area contributed by atoms with E-state index in [1.54, 1.807) is 13.0 Å². The van der Waals surface area contributed by atoms with Crippen molar-refractivity contribution in [1.29, 1.82) is 0 Å². The van der Waals surface area contributed by atoms with Crippen LogP contribution in [0.25, 0.3) is 0 Å². The van der Waals surface area contributed by atoms with Crippen LogP contribution in [0.4, 0.5) is 0 Å². The second-order valence-corrected chi connectivity index (χ2v) is 9.02. The van der Waals surface area contributed by atoms with E-state index < -0.39 is 10.0 Å². The van der Waals surface area contributed by atoms with Crippen molar-refractivity contribution in [3.8, 4) is 0 Å². The number of carbonyl (C=O) groups excluding carboxylic acids is 1. The third-order valence-corrected chi connectivity index (χ3v) is 6.78. The zero-order valence-electron chi connectivity index (χ0n) is 18.3. The van der Waals surface area contributed by atoms with Gasteiger partial charge in [-0.25, -0.2) is 13.1 Å². The third kappa shape index (κ3) is 6.39. The maximum atomic E-state index is 12.9. The molecule has 30 heavy (non-hydrogen) atoms. The van der Waals surface area contributed by atoms with Gasteiger partial charge in [0, 0.05) is 24.7 Å². The van der Waals surface area contributed by atoms with Crippen molar-refractivity contribution in [1.82, 2.24) is 14.9 Å². The van der Waals surface area contributed by atoms with Gasteiger partial charge in [0.25, 0.3) is 5.91 Å². The number of carbonyl (C=O) groups is 1. The summed E-state index contributed by atoms with van der Waals surface area (Å²) in [6.45, 7) is 10.3. The minimum atomic E-state index is -3.61. The summed E-state index contributed by atoms with van der Waals surface area (Å²) in [5.74, 6) is -0.258. The van der Waals surface area contributed by atoms with Crippen molar-refractivity contribution in [3.05, 3.63) is 65.2 Å². The van der Waals surface area contributed by atoms with Crippen LogP contribution in [0.1, 0.15) is 42.3 Å². The van der Waals surface area contributed by atoms with E-state index in [0.717, 1.165) is 25.1 Å². The van der Waals surface area contributed by atoms with E-state index in [2.05, 4.69) is 40.9 Å². The fraction of sp³-hybridized carbons (Fsp3) is 0.435. The second kappa shape index (κ2) is 11.2. The Morgan fingerprint density at radius 3 is 2.30 bits per heavy atom. The molecule has 1 unspecified atom stereocenters. The smallest absolute Gasteiger partial charge is 0.251 e. The zero-order valence-corrected chi connectivity index (χ0v) is 19.1. The molecule has 2 rings (SSSR count). The van der Waals surface area contributed by atoms with Gasteiger partial charge in [0.2, 0.25) is 10.0 Å². The van der Waals surface area contributed by atoms with Gasteiger partial charge in [-0.2, -0.15) is 0 Å². The lowest BCUT2D eigenvalue weighted by atomic mass is 10.0. The summed E-state index contributed by atoms with van der Waals surface area (Å²) < 4.78 is 27.1. The number of rotatable bonds is 11. The highest BCUT2D eigenvalue weighted by Crippen LogP contribution is 2.16. The molecule has 7 heteroatoms. The first-order chi connectivity index (χ1) is 14.3. The molecule has 0 aliphatic heterocycles. The van der Waals surface area contributed by atoms with Gasteiger partial charge in [0.15, 0.2) is 0 Å². The Kier molecular flexibility index (Phi) is 9.02. The minimum Gasteiger partial charge on any atom is -0.350 e. The Bertz CT molecular complexity index is 926. The van der Waals surface area contributed by atoms with E-state index in [0.29, 0.717) is 18.7 Å². The highest BCUT2D eigenvalue weighted by atomic mass is 32.2. The van der Waals surface area contributed by atoms with Crippen molar-refractivity contribution in [2.75, 3.05) is 26.2 Å². The van der Waals surface area contributed by atoms with Gasteiger partial charge in [-0.15, -0.1) is 0 Å². The van der Waals surface area contributed by atoms with Crippen LogP contribution < -0.4 is 10.0 Å². The molecule has 0 aliphatic rings. The third-order valence-electron chi connectivity index (χ3n) is 5.24. The first-order valence-electron chi connectivity index (χ1n) is 10.5. The molecule has 0 aliphatic carbocycles. The molecule has 2 aromatic carbocycles. The Morgan fingerprint density at radius 2 is 1.70 bits per heavy atom. The maximum Gasteiger partial charge on any atom is 0.251 e. The van der Waals surface area contributed by atoms with Crippen molar-refractivity contribution in [3.63, 3.8) is 0 Å². The fourth-order valence-electron chi connectivity index (χ4n) is 3.55. The number of nitrogens with zero attached hydrogens (tertiary/aromatic N) is 1. The molecule has 0 aromatic heterocycles. The summed E-state index contributed by atoms with van der Waals surface area (Å²) in [6.07, 6.45) is 0.830. The molecule has 164 valence electrons. The molecular weight excluding hydrogens is 398 g/mol. The molecule has 0 bridgehead atoms. The number of hydrogen-bond donors (Lipinski definition) is 2. The Morgan fingerprint density at radius 1 is 1.03 bits per heavy atom. The molecule has 2 aromatic rings. The molecule has 0 saturated carbocycles. The Hall–Kier alpha value is -2.22. The Balaban J connectivity index is 2.18. The Labute approximate surface area is 180 Å². The molecule has 0 heterocycles. The highest BCUT2D eigenvalue weighted by molar-refractivity contribution is 7.89. The summed E-state index contributed by atoms with van der Waals surface area (Å²) >= 11 is 0. The van der Waals surface area contributed by atoms with Gasteiger partial charge in [0.05, 0.1) is 4.90 Å². The predicted molar refractivity (Wildman–Crippen MR) is 121 cm³/mol. The van der Waals surface area contributed by atoms with Crippen LogP contribution in [0.2, 0.25) is 0 Å². The molecule has 1 amide bonds. The van der Waals surface area contributed by atoms with Crippen molar-refractivity contribution < 1.29 is 13.2 Å². The average molecular weight is 432 g/mol. The van der Waals surface area contributed by atoms with Gasteiger partial charge in [-0.3, -0.25) is 9.69 Å². The van der Waals surface area contributed by atoms with Gasteiger partial charge in [0.1, 0.15) is 0 Å².